The topological polar surface area (TPSA) is 55.6 Å². The Labute approximate surface area is 144 Å². The molecular formula is C18H19F3N2O2. The van der Waals surface area contributed by atoms with Crippen LogP contribution in [0.4, 0.5) is 13.2 Å². The van der Waals surface area contributed by atoms with E-state index >= 15 is 0 Å². The van der Waals surface area contributed by atoms with Crippen LogP contribution < -0.4 is 10.5 Å². The summed E-state index contributed by atoms with van der Waals surface area (Å²) in [7, 11) is 1.59. The molecule has 0 saturated heterocycles. The second-order valence-electron chi connectivity index (χ2n) is 5.77. The smallest absolute Gasteiger partial charge is 0.406 e. The van der Waals surface area contributed by atoms with E-state index in [4.69, 9.17) is 5.73 Å². The second kappa shape index (κ2) is 7.57. The number of nitrogens with zero attached hydrogens (tertiary/aromatic N) is 1. The molecule has 2 aromatic carbocycles. The largest absolute Gasteiger partial charge is 0.573 e. The molecule has 4 nitrogen and oxygen atoms in total. The van der Waals surface area contributed by atoms with Crippen molar-refractivity contribution in [3.05, 3.63) is 65.2 Å². The molecule has 1 atom stereocenters. The van der Waals surface area contributed by atoms with Gasteiger partial charge in [-0.25, -0.2) is 0 Å². The summed E-state index contributed by atoms with van der Waals surface area (Å²) < 4.78 is 40.2. The van der Waals surface area contributed by atoms with Crippen LogP contribution in [0.15, 0.2) is 48.5 Å². The summed E-state index contributed by atoms with van der Waals surface area (Å²) in [5, 5.41) is 0. The summed E-state index contributed by atoms with van der Waals surface area (Å²) in [4.78, 5) is 13.8. The lowest BCUT2D eigenvalue weighted by atomic mass is 10.0. The van der Waals surface area contributed by atoms with Crippen molar-refractivity contribution in [3.63, 3.8) is 0 Å². The van der Waals surface area contributed by atoms with Crippen molar-refractivity contribution in [2.24, 2.45) is 5.73 Å². The molecule has 0 saturated carbocycles. The van der Waals surface area contributed by atoms with Gasteiger partial charge in [-0.05, 0) is 30.2 Å². The zero-order valence-corrected chi connectivity index (χ0v) is 13.9. The van der Waals surface area contributed by atoms with Gasteiger partial charge in [0.25, 0.3) is 0 Å². The van der Waals surface area contributed by atoms with E-state index < -0.39 is 12.4 Å². The van der Waals surface area contributed by atoms with Gasteiger partial charge < -0.3 is 15.4 Å². The fourth-order valence-corrected chi connectivity index (χ4v) is 2.30. The number of ether oxygens (including phenoxy) is 1. The minimum atomic E-state index is -4.73. The van der Waals surface area contributed by atoms with Crippen molar-refractivity contribution < 1.29 is 22.7 Å². The average Bonchev–Trinajstić information content (AvgIpc) is 2.54. The Morgan fingerprint density at radius 3 is 2.20 bits per heavy atom. The summed E-state index contributed by atoms with van der Waals surface area (Å²) in [6, 6.07) is 11.9. The minimum absolute atomic E-state index is 0.227. The summed E-state index contributed by atoms with van der Waals surface area (Å²) in [5.41, 5.74) is 8.44. The van der Waals surface area contributed by atoms with Gasteiger partial charge in [-0.3, -0.25) is 4.79 Å². The van der Waals surface area contributed by atoms with Gasteiger partial charge in [0.2, 0.25) is 5.91 Å². The first-order chi connectivity index (χ1) is 11.7. The predicted octanol–water partition coefficient (Wildman–Crippen LogP) is 3.55. The quantitative estimate of drug-likeness (QED) is 0.895. The third-order valence-electron chi connectivity index (χ3n) is 3.66. The van der Waals surface area contributed by atoms with Crippen LogP contribution in [0.1, 0.15) is 22.7 Å². The number of likely N-dealkylation sites (N-methyl/N-ethyl adjacent to an activating group) is 1. The molecule has 7 heteroatoms. The number of carbonyl (C=O) groups excluding carboxylic acids is 1. The predicted molar refractivity (Wildman–Crippen MR) is 87.7 cm³/mol. The van der Waals surface area contributed by atoms with Gasteiger partial charge in [0, 0.05) is 13.6 Å². The fraction of sp³-hybridized carbons (Fsp3) is 0.278. The molecular weight excluding hydrogens is 333 g/mol. The van der Waals surface area contributed by atoms with E-state index in [1.165, 1.54) is 29.2 Å². The van der Waals surface area contributed by atoms with Crippen molar-refractivity contribution in [2.75, 3.05) is 7.05 Å². The number of hydrogen-bond donors (Lipinski definition) is 1. The van der Waals surface area contributed by atoms with E-state index in [1.807, 2.05) is 19.1 Å². The van der Waals surface area contributed by atoms with Crippen LogP contribution in [0.5, 0.6) is 5.75 Å². The third-order valence-corrected chi connectivity index (χ3v) is 3.66. The van der Waals surface area contributed by atoms with Gasteiger partial charge in [0.05, 0.1) is 0 Å². The molecule has 0 aliphatic carbocycles. The Kier molecular flexibility index (Phi) is 5.69. The van der Waals surface area contributed by atoms with Crippen molar-refractivity contribution in [2.45, 2.75) is 25.9 Å². The summed E-state index contributed by atoms with van der Waals surface area (Å²) in [5.74, 6) is -0.582. The lowest BCUT2D eigenvalue weighted by Gasteiger charge is -2.22. The van der Waals surface area contributed by atoms with Crippen LogP contribution in [0, 0.1) is 6.92 Å². The number of alkyl halides is 3. The highest BCUT2D eigenvalue weighted by Gasteiger charge is 2.31. The van der Waals surface area contributed by atoms with Crippen molar-refractivity contribution >= 4 is 5.91 Å². The molecule has 0 radical (unpaired) electrons. The van der Waals surface area contributed by atoms with E-state index in [9.17, 15) is 18.0 Å². The molecule has 2 rings (SSSR count). The number of halogens is 3. The second-order valence-corrected chi connectivity index (χ2v) is 5.77. The summed E-state index contributed by atoms with van der Waals surface area (Å²) in [6.45, 7) is 2.17. The molecule has 0 bridgehead atoms. The molecule has 2 N–H and O–H groups in total. The number of benzene rings is 2. The molecule has 134 valence electrons. The van der Waals surface area contributed by atoms with Crippen LogP contribution in [0.2, 0.25) is 0 Å². The highest BCUT2D eigenvalue weighted by molar-refractivity contribution is 5.82. The lowest BCUT2D eigenvalue weighted by Crippen LogP contribution is -2.35. The van der Waals surface area contributed by atoms with E-state index in [2.05, 4.69) is 4.74 Å². The number of rotatable bonds is 5. The molecule has 0 aromatic heterocycles. The third kappa shape index (κ3) is 5.49. The molecule has 0 aliphatic heterocycles. The van der Waals surface area contributed by atoms with E-state index in [-0.39, 0.29) is 18.2 Å². The highest BCUT2D eigenvalue weighted by atomic mass is 19.4. The normalized spacial score (nSPS) is 12.6. The molecule has 0 spiro atoms. The summed E-state index contributed by atoms with van der Waals surface area (Å²) in [6.07, 6.45) is -4.73. The zero-order chi connectivity index (χ0) is 18.6. The van der Waals surface area contributed by atoms with Crippen molar-refractivity contribution in [1.82, 2.24) is 4.90 Å². The van der Waals surface area contributed by atoms with E-state index in [0.717, 1.165) is 5.56 Å². The molecule has 1 unspecified atom stereocenters. The average molecular weight is 352 g/mol. The molecule has 0 heterocycles. The van der Waals surface area contributed by atoms with Crippen LogP contribution in [0.3, 0.4) is 0 Å². The van der Waals surface area contributed by atoms with Crippen LogP contribution >= 0.6 is 0 Å². The number of carbonyl (C=O) groups is 1. The first kappa shape index (κ1) is 18.8. The Hall–Kier alpha value is -2.54. The van der Waals surface area contributed by atoms with Gasteiger partial charge in [-0.15, -0.1) is 13.2 Å². The molecule has 1 amide bonds. The van der Waals surface area contributed by atoms with Crippen molar-refractivity contribution in [3.8, 4) is 5.75 Å². The number of aryl methyl sites for hydroxylation is 1. The van der Waals surface area contributed by atoms with E-state index in [1.54, 1.807) is 19.2 Å². The van der Waals surface area contributed by atoms with Gasteiger partial charge in [0.15, 0.2) is 0 Å². The standard InChI is InChI=1S/C18H19F3N2O2/c1-12-3-7-14(8-4-12)16(22)17(24)23(2)11-13-5-9-15(10-6-13)25-18(19,20)21/h3-10,16H,11,22H2,1-2H3. The summed E-state index contributed by atoms with van der Waals surface area (Å²) >= 11 is 0. The Morgan fingerprint density at radius 2 is 1.68 bits per heavy atom. The lowest BCUT2D eigenvalue weighted by molar-refractivity contribution is -0.274. The maximum atomic E-state index is 12.4. The van der Waals surface area contributed by atoms with Crippen molar-refractivity contribution in [1.29, 1.82) is 0 Å². The highest BCUT2D eigenvalue weighted by Crippen LogP contribution is 2.23. The Bertz CT molecular complexity index is 713. The van der Waals surface area contributed by atoms with Gasteiger partial charge in [-0.2, -0.15) is 0 Å². The SMILES string of the molecule is Cc1ccc(C(N)C(=O)N(C)Cc2ccc(OC(F)(F)F)cc2)cc1. The zero-order valence-electron chi connectivity index (χ0n) is 13.9. The van der Waals surface area contributed by atoms with Crippen LogP contribution in [-0.4, -0.2) is 24.2 Å². The molecule has 2 aromatic rings. The molecule has 25 heavy (non-hydrogen) atoms. The maximum Gasteiger partial charge on any atom is 0.573 e. The molecule has 0 aliphatic rings. The minimum Gasteiger partial charge on any atom is -0.406 e. The van der Waals surface area contributed by atoms with Gasteiger partial charge in [0.1, 0.15) is 11.8 Å². The first-order valence-electron chi connectivity index (χ1n) is 7.57. The first-order valence-corrected chi connectivity index (χ1v) is 7.57. The Balaban J connectivity index is 1.99. The number of hydrogen-bond acceptors (Lipinski definition) is 3. The van der Waals surface area contributed by atoms with Crippen LogP contribution in [-0.2, 0) is 11.3 Å². The number of nitrogens with two attached hydrogens (primary N) is 1. The monoisotopic (exact) mass is 352 g/mol. The van der Waals surface area contributed by atoms with Gasteiger partial charge >= 0.3 is 6.36 Å². The maximum absolute atomic E-state index is 12.4. The Morgan fingerprint density at radius 1 is 1.12 bits per heavy atom. The van der Waals surface area contributed by atoms with Crippen LogP contribution in [0.25, 0.3) is 0 Å². The van der Waals surface area contributed by atoms with E-state index in [0.29, 0.717) is 11.1 Å². The fourth-order valence-electron chi connectivity index (χ4n) is 2.30. The van der Waals surface area contributed by atoms with Gasteiger partial charge in [-0.1, -0.05) is 42.0 Å². The molecule has 0 fully saturated rings. The number of amides is 1.